The van der Waals surface area contributed by atoms with Crippen molar-refractivity contribution in [2.45, 2.75) is 297 Å². The Labute approximate surface area is 415 Å². The van der Waals surface area contributed by atoms with E-state index in [1.807, 2.05) is 0 Å². The van der Waals surface area contributed by atoms with Gasteiger partial charge in [0.05, 0.1) is 0 Å². The number of carbonyl (C=O) groups is 3. The molecule has 67 heavy (non-hydrogen) atoms. The summed E-state index contributed by atoms with van der Waals surface area (Å²) in [7, 11) is 0. The lowest BCUT2D eigenvalue weighted by Crippen LogP contribution is -2.30. The first-order valence-electron chi connectivity index (χ1n) is 28.8. The fraction of sp³-hybridized carbons (Fsp3) is 0.787. The van der Waals surface area contributed by atoms with E-state index in [0.29, 0.717) is 19.3 Å². The Bertz CT molecular complexity index is 1210. The quantitative estimate of drug-likeness (QED) is 0.0262. The van der Waals surface area contributed by atoms with Gasteiger partial charge >= 0.3 is 17.9 Å². The molecule has 0 aromatic carbocycles. The minimum absolute atomic E-state index is 0.0837. The van der Waals surface area contributed by atoms with Crippen LogP contribution in [-0.4, -0.2) is 37.2 Å². The number of hydrogen-bond donors (Lipinski definition) is 0. The summed E-state index contributed by atoms with van der Waals surface area (Å²) in [5, 5.41) is 0. The summed E-state index contributed by atoms with van der Waals surface area (Å²) in [6.07, 6.45) is 69.2. The van der Waals surface area contributed by atoms with E-state index in [9.17, 15) is 14.4 Å². The van der Waals surface area contributed by atoms with Gasteiger partial charge in [0.25, 0.3) is 0 Å². The van der Waals surface area contributed by atoms with E-state index in [0.717, 1.165) is 83.5 Å². The van der Waals surface area contributed by atoms with Crippen molar-refractivity contribution in [2.24, 2.45) is 0 Å². The number of esters is 3. The molecule has 0 saturated heterocycles. The van der Waals surface area contributed by atoms with Gasteiger partial charge in [0.1, 0.15) is 13.2 Å². The molecule has 0 aliphatic heterocycles. The van der Waals surface area contributed by atoms with Crippen LogP contribution in [0, 0.1) is 0 Å². The van der Waals surface area contributed by atoms with Crippen molar-refractivity contribution in [3.05, 3.63) is 60.8 Å². The van der Waals surface area contributed by atoms with Crippen LogP contribution in [-0.2, 0) is 28.6 Å². The third-order valence-electron chi connectivity index (χ3n) is 12.5. The molecule has 1 atom stereocenters. The minimum atomic E-state index is -0.788. The lowest BCUT2D eigenvalue weighted by atomic mass is 10.0. The molecular weight excluding hydrogens is 829 g/mol. The summed E-state index contributed by atoms with van der Waals surface area (Å²) >= 11 is 0. The van der Waals surface area contributed by atoms with Crippen molar-refractivity contribution in [1.29, 1.82) is 0 Å². The molecule has 0 aromatic rings. The second-order valence-electron chi connectivity index (χ2n) is 19.2. The molecule has 6 heteroatoms. The van der Waals surface area contributed by atoms with Gasteiger partial charge in [-0.05, 0) is 89.9 Å². The number of hydrogen-bond acceptors (Lipinski definition) is 6. The van der Waals surface area contributed by atoms with Crippen molar-refractivity contribution in [3.8, 4) is 0 Å². The van der Waals surface area contributed by atoms with Gasteiger partial charge in [-0.25, -0.2) is 0 Å². The number of allylic oxidation sites excluding steroid dienone is 10. The lowest BCUT2D eigenvalue weighted by molar-refractivity contribution is -0.167. The summed E-state index contributed by atoms with van der Waals surface area (Å²) in [6, 6.07) is 0. The van der Waals surface area contributed by atoms with E-state index < -0.39 is 6.10 Å². The molecule has 0 rings (SSSR count). The molecule has 0 aliphatic rings. The molecule has 0 spiro atoms. The van der Waals surface area contributed by atoms with Crippen molar-refractivity contribution in [1.82, 2.24) is 0 Å². The molecule has 6 nitrogen and oxygen atoms in total. The van der Waals surface area contributed by atoms with Gasteiger partial charge in [-0.3, -0.25) is 14.4 Å². The molecule has 0 heterocycles. The third kappa shape index (κ3) is 53.9. The Morgan fingerprint density at radius 2 is 0.537 bits per heavy atom. The van der Waals surface area contributed by atoms with Crippen molar-refractivity contribution >= 4 is 17.9 Å². The normalized spacial score (nSPS) is 12.5. The Kier molecular flexibility index (Phi) is 53.3. The molecule has 0 fully saturated rings. The first-order chi connectivity index (χ1) is 33.0. The molecule has 0 unspecified atom stereocenters. The van der Waals surface area contributed by atoms with Crippen LogP contribution in [0.2, 0.25) is 0 Å². The summed E-state index contributed by atoms with van der Waals surface area (Å²) < 4.78 is 16.8. The number of ether oxygens (including phenoxy) is 3. The zero-order valence-corrected chi connectivity index (χ0v) is 44.4. The van der Waals surface area contributed by atoms with Crippen LogP contribution in [0.5, 0.6) is 0 Å². The van der Waals surface area contributed by atoms with E-state index in [1.54, 1.807) is 0 Å². The highest BCUT2D eigenvalue weighted by atomic mass is 16.6. The lowest BCUT2D eigenvalue weighted by Gasteiger charge is -2.18. The summed E-state index contributed by atoms with van der Waals surface area (Å²) in [5.74, 6) is -0.909. The SMILES string of the molecule is CCCCC/C=C\C/C=C\C/C=C\C/C=C\CCCCCC(=O)OC[C@@H](COC(=O)CCCCCCCCCCCCCCC)OC(=O)CCCCCCCCC/C=C\CCCCCCCC. The van der Waals surface area contributed by atoms with E-state index in [1.165, 1.54) is 167 Å². The van der Waals surface area contributed by atoms with Crippen LogP contribution in [0.3, 0.4) is 0 Å². The molecule has 0 aromatic heterocycles. The highest BCUT2D eigenvalue weighted by Gasteiger charge is 2.19. The number of carbonyl (C=O) groups excluding carboxylic acids is 3. The topological polar surface area (TPSA) is 78.9 Å². The molecule has 0 aliphatic carbocycles. The summed E-state index contributed by atoms with van der Waals surface area (Å²) in [4.78, 5) is 38.1. The van der Waals surface area contributed by atoms with Crippen LogP contribution < -0.4 is 0 Å². The maximum atomic E-state index is 12.8. The second-order valence-corrected chi connectivity index (χ2v) is 19.2. The summed E-state index contributed by atoms with van der Waals surface area (Å²) in [5.41, 5.74) is 0. The van der Waals surface area contributed by atoms with Gasteiger partial charge < -0.3 is 14.2 Å². The summed E-state index contributed by atoms with van der Waals surface area (Å²) in [6.45, 7) is 6.60. The zero-order valence-electron chi connectivity index (χ0n) is 44.4. The van der Waals surface area contributed by atoms with Gasteiger partial charge in [-0.2, -0.15) is 0 Å². The molecule has 388 valence electrons. The Hall–Kier alpha value is -2.89. The van der Waals surface area contributed by atoms with E-state index in [4.69, 9.17) is 14.2 Å². The first-order valence-corrected chi connectivity index (χ1v) is 28.8. The maximum absolute atomic E-state index is 12.8. The van der Waals surface area contributed by atoms with Crippen LogP contribution in [0.1, 0.15) is 290 Å². The Morgan fingerprint density at radius 3 is 0.896 bits per heavy atom. The first kappa shape index (κ1) is 64.1. The standard InChI is InChI=1S/C61H108O6/c1-4-7-10-13-16-19-22-25-27-29-30-32-33-36-39-42-45-48-51-54-60(63)66-57-58(56-65-59(62)53-50-47-44-41-38-35-24-21-18-15-12-9-6-3)67-61(64)55-52-49-46-43-40-37-34-31-28-26-23-20-17-14-11-8-5-2/h16,19,25-28,30,32,36,39,58H,4-15,17-18,20-24,29,31,33-35,37-38,40-57H2,1-3H3/b19-16-,27-25-,28-26-,32-30-,39-36-/t58-/m1/s1. The Balaban J connectivity index is 4.42. The van der Waals surface area contributed by atoms with Gasteiger partial charge in [-0.1, -0.05) is 242 Å². The van der Waals surface area contributed by atoms with E-state index in [-0.39, 0.29) is 31.1 Å². The minimum Gasteiger partial charge on any atom is -0.462 e. The van der Waals surface area contributed by atoms with Gasteiger partial charge in [-0.15, -0.1) is 0 Å². The number of rotatable bonds is 52. The second kappa shape index (κ2) is 55.7. The van der Waals surface area contributed by atoms with Crippen molar-refractivity contribution in [2.75, 3.05) is 13.2 Å². The molecule has 0 bridgehead atoms. The van der Waals surface area contributed by atoms with Gasteiger partial charge in [0, 0.05) is 19.3 Å². The third-order valence-corrected chi connectivity index (χ3v) is 12.5. The smallest absolute Gasteiger partial charge is 0.306 e. The predicted molar refractivity (Wildman–Crippen MR) is 288 cm³/mol. The van der Waals surface area contributed by atoms with Crippen LogP contribution in [0.15, 0.2) is 60.8 Å². The van der Waals surface area contributed by atoms with Crippen LogP contribution in [0.25, 0.3) is 0 Å². The largest absolute Gasteiger partial charge is 0.462 e. The van der Waals surface area contributed by atoms with Gasteiger partial charge in [0.15, 0.2) is 6.10 Å². The average Bonchev–Trinajstić information content (AvgIpc) is 3.33. The molecule has 0 radical (unpaired) electrons. The molecule has 0 N–H and O–H groups in total. The number of unbranched alkanes of at least 4 members (excludes halogenated alkanes) is 31. The highest BCUT2D eigenvalue weighted by molar-refractivity contribution is 5.71. The highest BCUT2D eigenvalue weighted by Crippen LogP contribution is 2.15. The van der Waals surface area contributed by atoms with Crippen molar-refractivity contribution in [3.63, 3.8) is 0 Å². The average molecular weight is 938 g/mol. The zero-order chi connectivity index (χ0) is 48.6. The molecule has 0 amide bonds. The predicted octanol–water partition coefficient (Wildman–Crippen LogP) is 19.2. The fourth-order valence-electron chi connectivity index (χ4n) is 8.13. The van der Waals surface area contributed by atoms with Crippen LogP contribution in [0.4, 0.5) is 0 Å². The molecular formula is C61H108O6. The molecule has 0 saturated carbocycles. The Morgan fingerprint density at radius 1 is 0.299 bits per heavy atom. The van der Waals surface area contributed by atoms with Crippen molar-refractivity contribution < 1.29 is 28.6 Å². The van der Waals surface area contributed by atoms with Gasteiger partial charge in [0.2, 0.25) is 0 Å². The monoisotopic (exact) mass is 937 g/mol. The van der Waals surface area contributed by atoms with E-state index >= 15 is 0 Å². The fourth-order valence-corrected chi connectivity index (χ4v) is 8.13. The van der Waals surface area contributed by atoms with E-state index in [2.05, 4.69) is 81.5 Å². The maximum Gasteiger partial charge on any atom is 0.306 e. The van der Waals surface area contributed by atoms with Crippen LogP contribution >= 0.6 is 0 Å².